The van der Waals surface area contributed by atoms with E-state index in [4.69, 9.17) is 16.1 Å². The fourth-order valence-corrected chi connectivity index (χ4v) is 1.58. The molecule has 0 unspecified atom stereocenters. The number of aromatic nitrogens is 2. The summed E-state index contributed by atoms with van der Waals surface area (Å²) in [5.74, 6) is 0.886. The van der Waals surface area contributed by atoms with Crippen molar-refractivity contribution in [3.8, 4) is 11.4 Å². The minimum Gasteiger partial charge on any atom is -0.345 e. The predicted octanol–water partition coefficient (Wildman–Crippen LogP) is 2.18. The fraction of sp³-hybridized carbons (Fsp3) is 0.250. The first kappa shape index (κ1) is 12.6. The maximum absolute atomic E-state index is 11.8. The summed E-state index contributed by atoms with van der Waals surface area (Å²) in [6, 6.07) is 7.07. The molecule has 94 valence electrons. The van der Waals surface area contributed by atoms with Crippen LogP contribution in [0.5, 0.6) is 0 Å². The van der Waals surface area contributed by atoms with Crippen molar-refractivity contribution in [3.05, 3.63) is 35.7 Å². The Bertz CT molecular complexity index is 566. The van der Waals surface area contributed by atoms with E-state index >= 15 is 0 Å². The molecule has 0 fully saturated rings. The van der Waals surface area contributed by atoms with Crippen LogP contribution in [0.3, 0.4) is 0 Å². The number of alkyl halides is 1. The van der Waals surface area contributed by atoms with E-state index in [0.29, 0.717) is 17.3 Å². The van der Waals surface area contributed by atoms with E-state index < -0.39 is 0 Å². The molecular formula is C12H12ClN3O2. The quantitative estimate of drug-likeness (QED) is 0.798. The number of carbonyl (C=O) groups excluding carboxylic acids is 1. The molecule has 0 radical (unpaired) electrons. The lowest BCUT2D eigenvalue weighted by Crippen LogP contribution is -2.21. The van der Waals surface area contributed by atoms with Crippen LogP contribution in [0.15, 0.2) is 28.8 Å². The lowest BCUT2D eigenvalue weighted by Gasteiger charge is -2.10. The summed E-state index contributed by atoms with van der Waals surface area (Å²) in [6.45, 7) is 0. The van der Waals surface area contributed by atoms with Gasteiger partial charge in [-0.25, -0.2) is 0 Å². The first-order valence-electron chi connectivity index (χ1n) is 5.32. The third kappa shape index (κ3) is 2.51. The van der Waals surface area contributed by atoms with Crippen molar-refractivity contribution in [2.24, 2.45) is 0 Å². The van der Waals surface area contributed by atoms with Crippen LogP contribution in [0.1, 0.15) is 16.2 Å². The second-order valence-electron chi connectivity index (χ2n) is 3.93. The lowest BCUT2D eigenvalue weighted by molar-refractivity contribution is 0.0827. The summed E-state index contributed by atoms with van der Waals surface area (Å²) in [5.41, 5.74) is 1.30. The largest absolute Gasteiger partial charge is 0.345 e. The second kappa shape index (κ2) is 5.18. The number of carbonyl (C=O) groups is 1. The van der Waals surface area contributed by atoms with Gasteiger partial charge >= 0.3 is 0 Å². The van der Waals surface area contributed by atoms with Gasteiger partial charge in [-0.05, 0) is 12.1 Å². The molecule has 1 amide bonds. The summed E-state index contributed by atoms with van der Waals surface area (Å²) in [5, 5.41) is 3.81. The van der Waals surface area contributed by atoms with E-state index in [2.05, 4.69) is 10.1 Å². The molecule has 18 heavy (non-hydrogen) atoms. The Balaban J connectivity index is 2.35. The molecule has 0 atom stereocenters. The second-order valence-corrected chi connectivity index (χ2v) is 4.19. The van der Waals surface area contributed by atoms with Gasteiger partial charge in [-0.15, -0.1) is 11.6 Å². The standard InChI is InChI=1S/C12H12ClN3O2/c1-16(2)12(17)9-5-3-4-8(6-9)11-14-10(7-13)18-15-11/h3-6H,7H2,1-2H3. The average molecular weight is 266 g/mol. The van der Waals surface area contributed by atoms with Gasteiger partial charge in [0.2, 0.25) is 11.7 Å². The highest BCUT2D eigenvalue weighted by Gasteiger charge is 2.12. The third-order valence-corrected chi connectivity index (χ3v) is 2.58. The molecule has 1 aromatic heterocycles. The van der Waals surface area contributed by atoms with Gasteiger partial charge in [0.15, 0.2) is 0 Å². The Hall–Kier alpha value is -1.88. The first-order chi connectivity index (χ1) is 8.61. The van der Waals surface area contributed by atoms with Gasteiger partial charge < -0.3 is 9.42 Å². The van der Waals surface area contributed by atoms with Crippen molar-refractivity contribution >= 4 is 17.5 Å². The third-order valence-electron chi connectivity index (χ3n) is 2.36. The summed E-state index contributed by atoms with van der Waals surface area (Å²) in [4.78, 5) is 17.5. The molecule has 0 bridgehead atoms. The van der Waals surface area contributed by atoms with Gasteiger partial charge in [-0.1, -0.05) is 17.3 Å². The maximum Gasteiger partial charge on any atom is 0.253 e. The van der Waals surface area contributed by atoms with Crippen molar-refractivity contribution in [3.63, 3.8) is 0 Å². The van der Waals surface area contributed by atoms with E-state index in [9.17, 15) is 4.79 Å². The molecule has 0 aliphatic rings. The Morgan fingerprint density at radius 3 is 2.83 bits per heavy atom. The minimum absolute atomic E-state index is 0.0714. The highest BCUT2D eigenvalue weighted by atomic mass is 35.5. The van der Waals surface area contributed by atoms with E-state index in [-0.39, 0.29) is 11.8 Å². The predicted molar refractivity (Wildman–Crippen MR) is 67.3 cm³/mol. The molecule has 0 saturated carbocycles. The van der Waals surface area contributed by atoms with Crippen LogP contribution in [-0.4, -0.2) is 35.0 Å². The van der Waals surface area contributed by atoms with Crippen LogP contribution in [0.4, 0.5) is 0 Å². The zero-order valence-electron chi connectivity index (χ0n) is 10.1. The molecule has 1 aromatic carbocycles. The molecule has 0 N–H and O–H groups in total. The van der Waals surface area contributed by atoms with Gasteiger partial charge in [-0.2, -0.15) is 4.98 Å². The van der Waals surface area contributed by atoms with Crippen LogP contribution in [0, 0.1) is 0 Å². The van der Waals surface area contributed by atoms with Crippen molar-refractivity contribution in [2.45, 2.75) is 5.88 Å². The number of nitrogens with zero attached hydrogens (tertiary/aromatic N) is 3. The number of hydrogen-bond acceptors (Lipinski definition) is 4. The molecule has 5 nitrogen and oxygen atoms in total. The van der Waals surface area contributed by atoms with Crippen LogP contribution >= 0.6 is 11.6 Å². The SMILES string of the molecule is CN(C)C(=O)c1cccc(-c2noc(CCl)n2)c1. The number of amides is 1. The van der Waals surface area contributed by atoms with Crippen LogP contribution < -0.4 is 0 Å². The normalized spacial score (nSPS) is 10.4. The Kier molecular flexibility index (Phi) is 3.62. The molecule has 2 rings (SSSR count). The van der Waals surface area contributed by atoms with Crippen molar-refractivity contribution in [2.75, 3.05) is 14.1 Å². The summed E-state index contributed by atoms with van der Waals surface area (Å²) in [7, 11) is 3.41. The van der Waals surface area contributed by atoms with E-state index in [1.165, 1.54) is 4.90 Å². The number of halogens is 1. The molecule has 0 spiro atoms. The zero-order valence-corrected chi connectivity index (χ0v) is 10.8. The smallest absolute Gasteiger partial charge is 0.253 e. The van der Waals surface area contributed by atoms with Gasteiger partial charge in [0, 0.05) is 25.2 Å². The van der Waals surface area contributed by atoms with Crippen molar-refractivity contribution < 1.29 is 9.32 Å². The number of rotatable bonds is 3. The van der Waals surface area contributed by atoms with Crippen LogP contribution in [0.25, 0.3) is 11.4 Å². The van der Waals surface area contributed by atoms with Crippen LogP contribution in [0.2, 0.25) is 0 Å². The molecule has 2 aromatic rings. The molecule has 0 aliphatic heterocycles. The van der Waals surface area contributed by atoms with E-state index in [0.717, 1.165) is 5.56 Å². The van der Waals surface area contributed by atoms with Crippen molar-refractivity contribution in [1.29, 1.82) is 0 Å². The molecule has 0 saturated heterocycles. The highest BCUT2D eigenvalue weighted by molar-refractivity contribution is 6.16. The van der Waals surface area contributed by atoms with E-state index in [1.54, 1.807) is 32.3 Å². The van der Waals surface area contributed by atoms with Crippen molar-refractivity contribution in [1.82, 2.24) is 15.0 Å². The summed E-state index contributed by atoms with van der Waals surface area (Å²) < 4.78 is 4.93. The van der Waals surface area contributed by atoms with Gasteiger partial charge in [0.05, 0.1) is 0 Å². The zero-order chi connectivity index (χ0) is 13.1. The molecular weight excluding hydrogens is 254 g/mol. The average Bonchev–Trinajstić information content (AvgIpc) is 2.86. The lowest BCUT2D eigenvalue weighted by atomic mass is 10.1. The van der Waals surface area contributed by atoms with Gasteiger partial charge in [0.1, 0.15) is 5.88 Å². The Labute approximate surface area is 109 Å². The first-order valence-corrected chi connectivity index (χ1v) is 5.86. The summed E-state index contributed by atoms with van der Waals surface area (Å²) >= 11 is 5.59. The number of hydrogen-bond donors (Lipinski definition) is 0. The topological polar surface area (TPSA) is 59.2 Å². The van der Waals surface area contributed by atoms with Gasteiger partial charge in [-0.3, -0.25) is 4.79 Å². The minimum atomic E-state index is -0.0714. The van der Waals surface area contributed by atoms with Gasteiger partial charge in [0.25, 0.3) is 5.91 Å². The molecule has 6 heteroatoms. The fourth-order valence-electron chi connectivity index (χ4n) is 1.48. The summed E-state index contributed by atoms with van der Waals surface area (Å²) in [6.07, 6.45) is 0. The molecule has 0 aliphatic carbocycles. The monoisotopic (exact) mass is 265 g/mol. The van der Waals surface area contributed by atoms with E-state index in [1.807, 2.05) is 6.07 Å². The van der Waals surface area contributed by atoms with Crippen LogP contribution in [-0.2, 0) is 5.88 Å². The Morgan fingerprint density at radius 1 is 1.44 bits per heavy atom. The Morgan fingerprint density at radius 2 is 2.22 bits per heavy atom. The molecule has 1 heterocycles. The number of benzene rings is 1. The maximum atomic E-state index is 11.8. The highest BCUT2D eigenvalue weighted by Crippen LogP contribution is 2.18.